The summed E-state index contributed by atoms with van der Waals surface area (Å²) >= 11 is 3.45. The van der Waals surface area contributed by atoms with Crippen LogP contribution < -0.4 is 15.4 Å². The van der Waals surface area contributed by atoms with Crippen LogP contribution in [0.25, 0.3) is 0 Å². The second kappa shape index (κ2) is 9.03. The summed E-state index contributed by atoms with van der Waals surface area (Å²) in [5.41, 5.74) is 9.14. The number of carbonyl (C=O) groups is 2. The van der Waals surface area contributed by atoms with Crippen molar-refractivity contribution in [2.45, 2.75) is 18.9 Å². The van der Waals surface area contributed by atoms with Crippen LogP contribution in [0.3, 0.4) is 0 Å². The van der Waals surface area contributed by atoms with Crippen molar-refractivity contribution in [3.8, 4) is 5.75 Å². The molecule has 0 aromatic heterocycles. The van der Waals surface area contributed by atoms with Crippen molar-refractivity contribution in [2.75, 3.05) is 18.1 Å². The van der Waals surface area contributed by atoms with Crippen LogP contribution in [-0.4, -0.2) is 31.3 Å². The molecule has 2 N–H and O–H groups in total. The zero-order valence-corrected chi connectivity index (χ0v) is 16.9. The molecule has 0 saturated carbocycles. The lowest BCUT2D eigenvalue weighted by atomic mass is 10.1. The molecule has 0 aliphatic carbocycles. The summed E-state index contributed by atoms with van der Waals surface area (Å²) in [5.74, 6) is 0.225. The summed E-state index contributed by atoms with van der Waals surface area (Å²) in [4.78, 5) is 26.1. The number of benzene rings is 2. The van der Waals surface area contributed by atoms with E-state index >= 15 is 0 Å². The van der Waals surface area contributed by atoms with E-state index in [1.165, 1.54) is 6.08 Å². The Morgan fingerprint density at radius 2 is 2.07 bits per heavy atom. The standard InChI is InChI=1S/C21H21BrN2O4/c1-2-11-27-21(26)28-16-8-7-15(17(22)13-16)12-18(23)20(25)24-10-9-14-5-3-4-6-19(14)24/h2-8,13,18H,1,9-12,23H2/t18-/m0/s1. The minimum absolute atomic E-state index is 0.0781. The van der Waals surface area contributed by atoms with Gasteiger partial charge in [-0.3, -0.25) is 4.79 Å². The quantitative estimate of drug-likeness (QED) is 0.418. The largest absolute Gasteiger partial charge is 0.514 e. The Morgan fingerprint density at radius 3 is 2.82 bits per heavy atom. The first-order valence-electron chi connectivity index (χ1n) is 8.88. The summed E-state index contributed by atoms with van der Waals surface area (Å²) in [6, 6.07) is 12.2. The second-order valence-corrected chi connectivity index (χ2v) is 7.24. The van der Waals surface area contributed by atoms with Gasteiger partial charge in [0.15, 0.2) is 0 Å². The van der Waals surface area contributed by atoms with Crippen LogP contribution in [0, 0.1) is 0 Å². The minimum Gasteiger partial charge on any atom is -0.430 e. The number of fused-ring (bicyclic) bond motifs is 1. The molecule has 0 radical (unpaired) electrons. The topological polar surface area (TPSA) is 81.9 Å². The zero-order chi connectivity index (χ0) is 20.1. The molecule has 7 heteroatoms. The fourth-order valence-electron chi connectivity index (χ4n) is 3.10. The molecule has 1 aliphatic rings. The van der Waals surface area contributed by atoms with E-state index in [4.69, 9.17) is 15.2 Å². The van der Waals surface area contributed by atoms with E-state index in [0.29, 0.717) is 23.2 Å². The predicted molar refractivity (Wildman–Crippen MR) is 110 cm³/mol. The molecule has 1 aliphatic heterocycles. The van der Waals surface area contributed by atoms with E-state index in [0.717, 1.165) is 23.2 Å². The lowest BCUT2D eigenvalue weighted by Gasteiger charge is -2.22. The molecular weight excluding hydrogens is 424 g/mol. The first-order valence-corrected chi connectivity index (χ1v) is 9.67. The van der Waals surface area contributed by atoms with Gasteiger partial charge in [-0.1, -0.05) is 52.9 Å². The minimum atomic E-state index is -0.806. The Bertz CT molecular complexity index is 900. The number of hydrogen-bond acceptors (Lipinski definition) is 5. The van der Waals surface area contributed by atoms with Gasteiger partial charge in [-0.25, -0.2) is 4.79 Å². The molecule has 146 valence electrons. The van der Waals surface area contributed by atoms with Crippen molar-refractivity contribution in [1.29, 1.82) is 0 Å². The Kier molecular flexibility index (Phi) is 6.49. The highest BCUT2D eigenvalue weighted by atomic mass is 79.9. The second-order valence-electron chi connectivity index (χ2n) is 6.38. The van der Waals surface area contributed by atoms with Gasteiger partial charge in [0.2, 0.25) is 5.91 Å². The number of carbonyl (C=O) groups excluding carboxylic acids is 2. The molecule has 28 heavy (non-hydrogen) atoms. The smallest absolute Gasteiger partial charge is 0.430 e. The van der Waals surface area contributed by atoms with Crippen LogP contribution in [0.15, 0.2) is 59.6 Å². The predicted octanol–water partition coefficient (Wildman–Crippen LogP) is 3.61. The van der Waals surface area contributed by atoms with Crippen LogP contribution >= 0.6 is 15.9 Å². The number of amides is 1. The van der Waals surface area contributed by atoms with E-state index in [1.807, 2.05) is 24.3 Å². The van der Waals surface area contributed by atoms with E-state index < -0.39 is 12.2 Å². The van der Waals surface area contributed by atoms with Crippen LogP contribution in [0.1, 0.15) is 11.1 Å². The molecule has 1 atom stereocenters. The van der Waals surface area contributed by atoms with Gasteiger partial charge in [0.25, 0.3) is 0 Å². The lowest BCUT2D eigenvalue weighted by Crippen LogP contribution is -2.44. The first kappa shape index (κ1) is 20.1. The van der Waals surface area contributed by atoms with Gasteiger partial charge < -0.3 is 20.1 Å². The molecule has 0 bridgehead atoms. The Morgan fingerprint density at radius 1 is 1.29 bits per heavy atom. The van der Waals surface area contributed by atoms with Gasteiger partial charge in [-0.05, 0) is 42.2 Å². The molecular formula is C21H21BrN2O4. The number of hydrogen-bond donors (Lipinski definition) is 1. The summed E-state index contributed by atoms with van der Waals surface area (Å²) < 4.78 is 10.6. The number of ether oxygens (including phenoxy) is 2. The van der Waals surface area contributed by atoms with Crippen molar-refractivity contribution in [3.05, 3.63) is 70.7 Å². The van der Waals surface area contributed by atoms with Gasteiger partial charge in [0.1, 0.15) is 12.4 Å². The van der Waals surface area contributed by atoms with Crippen LogP contribution in [0.5, 0.6) is 5.75 Å². The zero-order valence-electron chi connectivity index (χ0n) is 15.3. The van der Waals surface area contributed by atoms with Crippen molar-refractivity contribution in [2.24, 2.45) is 5.73 Å². The highest BCUT2D eigenvalue weighted by Crippen LogP contribution is 2.29. The SMILES string of the molecule is C=CCOC(=O)Oc1ccc(C[C@H](N)C(=O)N2CCc3ccccc32)c(Br)c1. The van der Waals surface area contributed by atoms with Gasteiger partial charge in [0, 0.05) is 16.7 Å². The molecule has 2 aromatic carbocycles. The third-order valence-electron chi connectivity index (χ3n) is 4.45. The van der Waals surface area contributed by atoms with E-state index in [1.54, 1.807) is 23.1 Å². The average molecular weight is 445 g/mol. The molecule has 2 aromatic rings. The number of rotatable bonds is 6. The molecule has 6 nitrogen and oxygen atoms in total. The summed E-state index contributed by atoms with van der Waals surface area (Å²) in [6.45, 7) is 4.19. The monoisotopic (exact) mass is 444 g/mol. The number of nitrogens with zero attached hydrogens (tertiary/aromatic N) is 1. The van der Waals surface area contributed by atoms with Crippen LogP contribution in [-0.2, 0) is 22.4 Å². The molecule has 0 spiro atoms. The first-order chi connectivity index (χ1) is 13.5. The molecule has 3 rings (SSSR count). The van der Waals surface area contributed by atoms with Crippen LogP contribution in [0.4, 0.5) is 10.5 Å². The van der Waals surface area contributed by atoms with E-state index in [9.17, 15) is 9.59 Å². The van der Waals surface area contributed by atoms with E-state index in [2.05, 4.69) is 22.5 Å². The third kappa shape index (κ3) is 4.61. The maximum absolute atomic E-state index is 12.8. The van der Waals surface area contributed by atoms with Crippen molar-refractivity contribution >= 4 is 33.7 Å². The molecule has 0 unspecified atom stereocenters. The van der Waals surface area contributed by atoms with Gasteiger partial charge in [0.05, 0.1) is 6.04 Å². The third-order valence-corrected chi connectivity index (χ3v) is 5.19. The summed E-state index contributed by atoms with van der Waals surface area (Å²) in [6.07, 6.45) is 1.85. The number of nitrogens with two attached hydrogens (primary N) is 1. The summed E-state index contributed by atoms with van der Waals surface area (Å²) in [7, 11) is 0. The number of para-hydroxylation sites is 1. The van der Waals surface area contributed by atoms with Gasteiger partial charge in [-0.15, -0.1) is 0 Å². The maximum atomic E-state index is 12.8. The number of anilines is 1. The Balaban J connectivity index is 1.64. The molecule has 0 saturated heterocycles. The van der Waals surface area contributed by atoms with Crippen molar-refractivity contribution in [1.82, 2.24) is 0 Å². The van der Waals surface area contributed by atoms with Crippen molar-refractivity contribution in [3.63, 3.8) is 0 Å². The van der Waals surface area contributed by atoms with Crippen molar-refractivity contribution < 1.29 is 19.1 Å². The fraction of sp³-hybridized carbons (Fsp3) is 0.238. The fourth-order valence-corrected chi connectivity index (χ4v) is 3.62. The maximum Gasteiger partial charge on any atom is 0.514 e. The number of halogens is 1. The highest BCUT2D eigenvalue weighted by molar-refractivity contribution is 9.10. The van der Waals surface area contributed by atoms with E-state index in [-0.39, 0.29) is 12.5 Å². The highest BCUT2D eigenvalue weighted by Gasteiger charge is 2.28. The normalized spacial score (nSPS) is 13.6. The Hall–Kier alpha value is -2.64. The lowest BCUT2D eigenvalue weighted by molar-refractivity contribution is -0.119. The van der Waals surface area contributed by atoms with Crippen LogP contribution in [0.2, 0.25) is 0 Å². The average Bonchev–Trinajstić information content (AvgIpc) is 3.12. The summed E-state index contributed by atoms with van der Waals surface area (Å²) in [5, 5.41) is 0. The van der Waals surface area contributed by atoms with Gasteiger partial charge >= 0.3 is 6.16 Å². The molecule has 0 fully saturated rings. The van der Waals surface area contributed by atoms with Gasteiger partial charge in [-0.2, -0.15) is 0 Å². The Labute approximate surface area is 172 Å². The molecule has 1 heterocycles. The molecule has 1 amide bonds.